The molecular weight excluding hydrogens is 352 g/mol. The van der Waals surface area contributed by atoms with Crippen molar-refractivity contribution in [2.24, 2.45) is 0 Å². The monoisotopic (exact) mass is 376 g/mol. The molecule has 0 fully saturated rings. The number of rotatable bonds is 5. The lowest BCUT2D eigenvalue weighted by molar-refractivity contribution is 0.206. The van der Waals surface area contributed by atoms with Gasteiger partial charge in [0.25, 0.3) is 0 Å². The van der Waals surface area contributed by atoms with Gasteiger partial charge in [0.15, 0.2) is 0 Å². The molecule has 0 spiro atoms. The highest BCUT2D eigenvalue weighted by Gasteiger charge is 2.19. The van der Waals surface area contributed by atoms with Crippen molar-refractivity contribution in [1.82, 2.24) is 9.97 Å². The largest absolute Gasteiger partial charge is 0.497 e. The quantitative estimate of drug-likeness (QED) is 0.678. The Morgan fingerprint density at radius 1 is 0.929 bits per heavy atom. The van der Waals surface area contributed by atoms with E-state index in [0.717, 1.165) is 64.7 Å². The van der Waals surface area contributed by atoms with Crippen LogP contribution in [0.3, 0.4) is 0 Å². The smallest absolute Gasteiger partial charge is 0.134 e. The molecule has 0 aliphatic heterocycles. The Hall–Kier alpha value is -3.05. The minimum Gasteiger partial charge on any atom is -0.497 e. The standard InChI is InChI=1S/C23H24N2O3/c1-27-19-10-6-15(7-11-19)21-22(16-8-12-20(28-2)13-9-16)25-23(24-21)17-4-3-5-18(26)14-17/h6-14,18,26H,3-5H2,1-2H3,(H,24,25). The SMILES string of the molecule is COc1ccc(-c2nc(C3=CC(O)CCC3)[nH]c2-c2ccc(OC)cc2)cc1. The van der Waals surface area contributed by atoms with Crippen LogP contribution < -0.4 is 9.47 Å². The van der Waals surface area contributed by atoms with Gasteiger partial charge < -0.3 is 19.6 Å². The van der Waals surface area contributed by atoms with E-state index in [1.165, 1.54) is 0 Å². The second kappa shape index (κ2) is 7.90. The number of nitrogens with one attached hydrogen (secondary N) is 1. The molecule has 5 nitrogen and oxygen atoms in total. The van der Waals surface area contributed by atoms with Gasteiger partial charge in [0.1, 0.15) is 17.3 Å². The van der Waals surface area contributed by atoms with Gasteiger partial charge in [-0.25, -0.2) is 4.98 Å². The minimum absolute atomic E-state index is 0.400. The van der Waals surface area contributed by atoms with Gasteiger partial charge in [0.2, 0.25) is 0 Å². The third kappa shape index (κ3) is 3.66. The molecule has 0 radical (unpaired) electrons. The molecule has 2 aromatic carbocycles. The van der Waals surface area contributed by atoms with Gasteiger partial charge in [-0.05, 0) is 79.4 Å². The molecule has 1 heterocycles. The number of imidazole rings is 1. The second-order valence-electron chi connectivity index (χ2n) is 6.92. The van der Waals surface area contributed by atoms with Crippen molar-refractivity contribution in [2.75, 3.05) is 14.2 Å². The number of benzene rings is 2. The predicted octanol–water partition coefficient (Wildman–Crippen LogP) is 4.69. The summed E-state index contributed by atoms with van der Waals surface area (Å²) in [6, 6.07) is 15.8. The molecule has 1 atom stereocenters. The van der Waals surface area contributed by atoms with E-state index < -0.39 is 6.10 Å². The van der Waals surface area contributed by atoms with E-state index in [2.05, 4.69) is 4.98 Å². The zero-order valence-electron chi connectivity index (χ0n) is 16.1. The van der Waals surface area contributed by atoms with Crippen molar-refractivity contribution >= 4 is 5.57 Å². The van der Waals surface area contributed by atoms with E-state index in [1.54, 1.807) is 14.2 Å². The number of aromatic amines is 1. The van der Waals surface area contributed by atoms with E-state index in [9.17, 15) is 5.11 Å². The number of methoxy groups -OCH3 is 2. The van der Waals surface area contributed by atoms with Gasteiger partial charge in [-0.15, -0.1) is 0 Å². The van der Waals surface area contributed by atoms with E-state index >= 15 is 0 Å². The van der Waals surface area contributed by atoms with Crippen molar-refractivity contribution in [1.29, 1.82) is 0 Å². The fraction of sp³-hybridized carbons (Fsp3) is 0.261. The second-order valence-corrected chi connectivity index (χ2v) is 6.92. The maximum absolute atomic E-state index is 10.0. The van der Waals surface area contributed by atoms with Crippen molar-refractivity contribution in [3.05, 3.63) is 60.4 Å². The zero-order valence-corrected chi connectivity index (χ0v) is 16.1. The van der Waals surface area contributed by atoms with Gasteiger partial charge in [0.05, 0.1) is 31.7 Å². The first kappa shape index (κ1) is 18.3. The molecule has 1 aliphatic carbocycles. The molecule has 5 heteroatoms. The van der Waals surface area contributed by atoms with Crippen LogP contribution in [0.4, 0.5) is 0 Å². The molecule has 0 saturated carbocycles. The molecule has 1 unspecified atom stereocenters. The Morgan fingerprint density at radius 2 is 1.54 bits per heavy atom. The summed E-state index contributed by atoms with van der Waals surface area (Å²) in [5.41, 5.74) is 4.93. The lowest BCUT2D eigenvalue weighted by Crippen LogP contribution is -2.08. The summed E-state index contributed by atoms with van der Waals surface area (Å²) in [7, 11) is 3.32. The first-order valence-corrected chi connectivity index (χ1v) is 9.46. The number of aromatic nitrogens is 2. The highest BCUT2D eigenvalue weighted by atomic mass is 16.5. The average molecular weight is 376 g/mol. The fourth-order valence-corrected chi connectivity index (χ4v) is 3.55. The summed E-state index contributed by atoms with van der Waals surface area (Å²) >= 11 is 0. The third-order valence-corrected chi connectivity index (χ3v) is 5.09. The highest BCUT2D eigenvalue weighted by molar-refractivity contribution is 5.81. The molecule has 144 valence electrons. The van der Waals surface area contributed by atoms with Crippen LogP contribution in [0.2, 0.25) is 0 Å². The van der Waals surface area contributed by atoms with Crippen LogP contribution >= 0.6 is 0 Å². The van der Waals surface area contributed by atoms with Crippen LogP contribution in [0.15, 0.2) is 54.6 Å². The molecule has 0 bridgehead atoms. The molecular formula is C23H24N2O3. The summed E-state index contributed by atoms with van der Waals surface area (Å²) < 4.78 is 10.6. The molecule has 3 aromatic rings. The normalized spacial score (nSPS) is 16.5. The van der Waals surface area contributed by atoms with Crippen LogP contribution in [0, 0.1) is 0 Å². The number of hydrogen-bond donors (Lipinski definition) is 2. The molecule has 1 aromatic heterocycles. The van der Waals surface area contributed by atoms with E-state index in [1.807, 2.05) is 54.6 Å². The van der Waals surface area contributed by atoms with Crippen LogP contribution in [0.5, 0.6) is 11.5 Å². The number of hydrogen-bond acceptors (Lipinski definition) is 4. The molecule has 2 N–H and O–H groups in total. The molecule has 28 heavy (non-hydrogen) atoms. The Kier molecular flexibility index (Phi) is 5.17. The Balaban J connectivity index is 1.81. The number of aliphatic hydroxyl groups excluding tert-OH is 1. The third-order valence-electron chi connectivity index (χ3n) is 5.09. The van der Waals surface area contributed by atoms with Crippen LogP contribution in [0.25, 0.3) is 28.1 Å². The van der Waals surface area contributed by atoms with Gasteiger partial charge in [-0.2, -0.15) is 0 Å². The van der Waals surface area contributed by atoms with Gasteiger partial charge in [-0.1, -0.05) is 0 Å². The maximum Gasteiger partial charge on any atom is 0.134 e. The lowest BCUT2D eigenvalue weighted by Gasteiger charge is -2.15. The number of nitrogens with zero attached hydrogens (tertiary/aromatic N) is 1. The Bertz CT molecular complexity index is 907. The summed E-state index contributed by atoms with van der Waals surface area (Å²) in [5, 5.41) is 10.0. The van der Waals surface area contributed by atoms with Crippen LogP contribution in [-0.4, -0.2) is 35.4 Å². The topological polar surface area (TPSA) is 67.4 Å². The van der Waals surface area contributed by atoms with E-state index in [4.69, 9.17) is 14.5 Å². The van der Waals surface area contributed by atoms with Crippen LogP contribution in [0.1, 0.15) is 25.1 Å². The summed E-state index contributed by atoms with van der Waals surface area (Å²) in [6.07, 6.45) is 4.19. The van der Waals surface area contributed by atoms with Crippen molar-refractivity contribution < 1.29 is 14.6 Å². The van der Waals surface area contributed by atoms with Crippen molar-refractivity contribution in [2.45, 2.75) is 25.4 Å². The first-order valence-electron chi connectivity index (χ1n) is 9.46. The van der Waals surface area contributed by atoms with Crippen molar-refractivity contribution in [3.63, 3.8) is 0 Å². The Morgan fingerprint density at radius 3 is 2.11 bits per heavy atom. The molecule has 0 saturated heterocycles. The fourth-order valence-electron chi connectivity index (χ4n) is 3.55. The molecule has 1 aliphatic rings. The molecule has 0 amide bonds. The average Bonchev–Trinajstić information content (AvgIpc) is 3.19. The summed E-state index contributed by atoms with van der Waals surface area (Å²) in [6.45, 7) is 0. The number of H-pyrrole nitrogens is 1. The van der Waals surface area contributed by atoms with Crippen LogP contribution in [-0.2, 0) is 0 Å². The number of aliphatic hydroxyl groups is 1. The highest BCUT2D eigenvalue weighted by Crippen LogP contribution is 2.35. The van der Waals surface area contributed by atoms with E-state index in [-0.39, 0.29) is 0 Å². The zero-order chi connectivity index (χ0) is 19.5. The Labute approximate surface area is 164 Å². The van der Waals surface area contributed by atoms with Crippen molar-refractivity contribution in [3.8, 4) is 34.0 Å². The first-order chi connectivity index (χ1) is 13.7. The summed E-state index contributed by atoms with van der Waals surface area (Å²) in [4.78, 5) is 8.40. The summed E-state index contributed by atoms with van der Waals surface area (Å²) in [5.74, 6) is 2.44. The number of allylic oxidation sites excluding steroid dienone is 1. The van der Waals surface area contributed by atoms with Gasteiger partial charge in [0, 0.05) is 11.1 Å². The minimum atomic E-state index is -0.400. The maximum atomic E-state index is 10.0. The lowest BCUT2D eigenvalue weighted by atomic mass is 9.97. The number of ether oxygens (including phenoxy) is 2. The molecule has 4 rings (SSSR count). The predicted molar refractivity (Wildman–Crippen MR) is 110 cm³/mol. The van der Waals surface area contributed by atoms with Gasteiger partial charge >= 0.3 is 0 Å². The van der Waals surface area contributed by atoms with E-state index in [0.29, 0.717) is 0 Å². The van der Waals surface area contributed by atoms with Gasteiger partial charge in [-0.3, -0.25) is 0 Å².